The number of rotatable bonds is 6. The molecule has 0 radical (unpaired) electrons. The maximum Gasteiger partial charge on any atom is 0.119 e. The number of benzene rings is 2. The molecule has 0 saturated heterocycles. The second kappa shape index (κ2) is 7.22. The molecular weight excluding hydrogens is 254 g/mol. The van der Waals surface area contributed by atoms with E-state index in [1.165, 1.54) is 11.1 Å². The lowest BCUT2D eigenvalue weighted by molar-refractivity contribution is 0.414. The van der Waals surface area contributed by atoms with E-state index in [-0.39, 0.29) is 0 Å². The van der Waals surface area contributed by atoms with E-state index >= 15 is 0 Å². The highest BCUT2D eigenvalue weighted by Crippen LogP contribution is 2.32. The van der Waals surface area contributed by atoms with Crippen LogP contribution in [0.3, 0.4) is 0 Å². The summed E-state index contributed by atoms with van der Waals surface area (Å²) in [5, 5.41) is 0.301. The van der Waals surface area contributed by atoms with Gasteiger partial charge in [-0.3, -0.25) is 0 Å². The third-order valence-corrected chi connectivity index (χ3v) is 4.34. The molecule has 0 amide bonds. The molecule has 100 valence electrons. The highest BCUT2D eigenvalue weighted by Gasteiger charge is 2.11. The minimum atomic E-state index is 0.301. The van der Waals surface area contributed by atoms with Crippen molar-refractivity contribution in [3.8, 4) is 5.75 Å². The van der Waals surface area contributed by atoms with Gasteiger partial charge in [0.2, 0.25) is 0 Å². The summed E-state index contributed by atoms with van der Waals surface area (Å²) in [5.74, 6) is 1.86. The Bertz CT molecular complexity index is 501. The monoisotopic (exact) mass is 273 g/mol. The van der Waals surface area contributed by atoms with Crippen LogP contribution in [0, 0.1) is 0 Å². The van der Waals surface area contributed by atoms with Crippen LogP contribution in [0.15, 0.2) is 54.6 Å². The summed E-state index contributed by atoms with van der Waals surface area (Å²) >= 11 is 1.87. The fourth-order valence-corrected chi connectivity index (χ4v) is 2.97. The fourth-order valence-electron chi connectivity index (χ4n) is 1.91. The summed E-state index contributed by atoms with van der Waals surface area (Å²) in [6.07, 6.45) is 0. The van der Waals surface area contributed by atoms with Crippen LogP contribution in [0.1, 0.15) is 16.4 Å². The minimum absolute atomic E-state index is 0.301. The number of nitrogens with two attached hydrogens (primary N) is 1. The first-order valence-corrected chi connectivity index (χ1v) is 7.38. The Morgan fingerprint density at radius 2 is 1.89 bits per heavy atom. The lowest BCUT2D eigenvalue weighted by Gasteiger charge is -2.15. The molecule has 0 bridgehead atoms. The first-order valence-electron chi connectivity index (χ1n) is 6.33. The number of ether oxygens (including phenoxy) is 1. The topological polar surface area (TPSA) is 35.2 Å². The third kappa shape index (κ3) is 4.01. The van der Waals surface area contributed by atoms with Gasteiger partial charge in [-0.05, 0) is 23.3 Å². The smallest absolute Gasteiger partial charge is 0.119 e. The van der Waals surface area contributed by atoms with Crippen LogP contribution in [0.25, 0.3) is 0 Å². The van der Waals surface area contributed by atoms with Crippen molar-refractivity contribution in [2.24, 2.45) is 5.73 Å². The largest absolute Gasteiger partial charge is 0.497 e. The molecule has 3 heteroatoms. The van der Waals surface area contributed by atoms with Crippen LogP contribution in [0.2, 0.25) is 0 Å². The maximum absolute atomic E-state index is 5.90. The van der Waals surface area contributed by atoms with Gasteiger partial charge in [0.05, 0.1) is 7.11 Å². The summed E-state index contributed by atoms with van der Waals surface area (Å²) in [6.45, 7) is 0.630. The highest BCUT2D eigenvalue weighted by atomic mass is 32.2. The van der Waals surface area contributed by atoms with E-state index in [2.05, 4.69) is 36.4 Å². The van der Waals surface area contributed by atoms with E-state index < -0.39 is 0 Å². The van der Waals surface area contributed by atoms with Crippen LogP contribution in [-0.2, 0) is 5.75 Å². The molecule has 2 aromatic carbocycles. The molecule has 2 N–H and O–H groups in total. The number of thioether (sulfide) groups is 1. The van der Waals surface area contributed by atoms with E-state index in [1.54, 1.807) is 7.11 Å². The van der Waals surface area contributed by atoms with Crippen molar-refractivity contribution in [3.63, 3.8) is 0 Å². The molecular formula is C16H19NOS. The van der Waals surface area contributed by atoms with Gasteiger partial charge in [-0.25, -0.2) is 0 Å². The molecule has 0 saturated carbocycles. The van der Waals surface area contributed by atoms with Crippen LogP contribution in [-0.4, -0.2) is 13.7 Å². The Balaban J connectivity index is 2.03. The van der Waals surface area contributed by atoms with Gasteiger partial charge in [-0.2, -0.15) is 0 Å². The summed E-state index contributed by atoms with van der Waals surface area (Å²) in [5.41, 5.74) is 8.45. The zero-order valence-corrected chi connectivity index (χ0v) is 11.9. The molecule has 2 aromatic rings. The van der Waals surface area contributed by atoms with Crippen molar-refractivity contribution in [3.05, 3.63) is 65.7 Å². The van der Waals surface area contributed by atoms with Gasteiger partial charge in [0.15, 0.2) is 0 Å². The number of hydrogen-bond donors (Lipinski definition) is 1. The SMILES string of the molecule is COc1cccc(C(CN)SCc2ccccc2)c1. The molecule has 0 spiro atoms. The van der Waals surface area contributed by atoms with Crippen LogP contribution in [0.5, 0.6) is 5.75 Å². The van der Waals surface area contributed by atoms with Crippen molar-refractivity contribution in [1.29, 1.82) is 0 Å². The molecule has 2 nitrogen and oxygen atoms in total. The van der Waals surface area contributed by atoms with Crippen molar-refractivity contribution in [2.45, 2.75) is 11.0 Å². The Morgan fingerprint density at radius 3 is 2.58 bits per heavy atom. The molecule has 0 aliphatic rings. The Hall–Kier alpha value is -1.45. The average Bonchev–Trinajstić information content (AvgIpc) is 2.49. The van der Waals surface area contributed by atoms with Gasteiger partial charge in [0, 0.05) is 17.5 Å². The average molecular weight is 273 g/mol. The van der Waals surface area contributed by atoms with E-state index in [1.807, 2.05) is 30.0 Å². The van der Waals surface area contributed by atoms with Gasteiger partial charge >= 0.3 is 0 Å². The van der Waals surface area contributed by atoms with Crippen LogP contribution >= 0.6 is 11.8 Å². The fraction of sp³-hybridized carbons (Fsp3) is 0.250. The van der Waals surface area contributed by atoms with Gasteiger partial charge in [-0.15, -0.1) is 11.8 Å². The molecule has 19 heavy (non-hydrogen) atoms. The first kappa shape index (κ1) is 14.0. The maximum atomic E-state index is 5.90. The summed E-state index contributed by atoms with van der Waals surface area (Å²) in [4.78, 5) is 0. The zero-order chi connectivity index (χ0) is 13.5. The van der Waals surface area contributed by atoms with Gasteiger partial charge < -0.3 is 10.5 Å². The molecule has 0 aromatic heterocycles. The van der Waals surface area contributed by atoms with E-state index in [9.17, 15) is 0 Å². The molecule has 1 atom stereocenters. The van der Waals surface area contributed by atoms with E-state index in [4.69, 9.17) is 10.5 Å². The molecule has 2 rings (SSSR count). The molecule has 0 aliphatic heterocycles. The predicted octanol–water partition coefficient (Wildman–Crippen LogP) is 3.63. The number of methoxy groups -OCH3 is 1. The third-order valence-electron chi connectivity index (χ3n) is 2.97. The lowest BCUT2D eigenvalue weighted by Crippen LogP contribution is -2.09. The first-order chi connectivity index (χ1) is 9.33. The second-order valence-corrected chi connectivity index (χ2v) is 5.49. The second-order valence-electron chi connectivity index (χ2n) is 4.30. The van der Waals surface area contributed by atoms with Crippen molar-refractivity contribution >= 4 is 11.8 Å². The lowest BCUT2D eigenvalue weighted by atomic mass is 10.1. The molecule has 0 fully saturated rings. The standard InChI is InChI=1S/C16H19NOS/c1-18-15-9-5-8-14(10-15)16(11-17)19-12-13-6-3-2-4-7-13/h2-10,16H,11-12,17H2,1H3. The van der Waals surface area contributed by atoms with Gasteiger partial charge in [0.25, 0.3) is 0 Å². The highest BCUT2D eigenvalue weighted by molar-refractivity contribution is 7.98. The molecule has 0 heterocycles. The van der Waals surface area contributed by atoms with Crippen molar-refractivity contribution in [2.75, 3.05) is 13.7 Å². The predicted molar refractivity (Wildman–Crippen MR) is 82.5 cm³/mol. The zero-order valence-electron chi connectivity index (χ0n) is 11.1. The number of hydrogen-bond acceptors (Lipinski definition) is 3. The quantitative estimate of drug-likeness (QED) is 0.873. The minimum Gasteiger partial charge on any atom is -0.497 e. The van der Waals surface area contributed by atoms with Crippen LogP contribution in [0.4, 0.5) is 0 Å². The summed E-state index contributed by atoms with van der Waals surface area (Å²) in [7, 11) is 1.69. The van der Waals surface area contributed by atoms with E-state index in [0.29, 0.717) is 11.8 Å². The van der Waals surface area contributed by atoms with Crippen molar-refractivity contribution in [1.82, 2.24) is 0 Å². The Kier molecular flexibility index (Phi) is 5.31. The summed E-state index contributed by atoms with van der Waals surface area (Å²) < 4.78 is 5.26. The van der Waals surface area contributed by atoms with Crippen LogP contribution < -0.4 is 10.5 Å². The molecule has 1 unspecified atom stereocenters. The normalized spacial score (nSPS) is 12.1. The van der Waals surface area contributed by atoms with Gasteiger partial charge in [-0.1, -0.05) is 42.5 Å². The van der Waals surface area contributed by atoms with Gasteiger partial charge in [0.1, 0.15) is 5.75 Å². The van der Waals surface area contributed by atoms with Crippen molar-refractivity contribution < 1.29 is 4.74 Å². The summed E-state index contributed by atoms with van der Waals surface area (Å²) in [6, 6.07) is 18.6. The molecule has 0 aliphatic carbocycles. The van der Waals surface area contributed by atoms with E-state index in [0.717, 1.165) is 11.5 Å². The Labute approximate surface area is 119 Å². The Morgan fingerprint density at radius 1 is 1.11 bits per heavy atom.